The maximum absolute atomic E-state index is 12.3. The van der Waals surface area contributed by atoms with Crippen molar-refractivity contribution in [1.82, 2.24) is 10.2 Å². The zero-order chi connectivity index (χ0) is 19.2. The number of carboxylic acid groups (broad SMARTS) is 1. The molecule has 3 rings (SSSR count). The Labute approximate surface area is 157 Å². The van der Waals surface area contributed by atoms with Gasteiger partial charge in [0, 0.05) is 25.6 Å². The highest BCUT2D eigenvalue weighted by Crippen LogP contribution is 2.15. The summed E-state index contributed by atoms with van der Waals surface area (Å²) in [5.41, 5.74) is 1.71. The average molecular weight is 370 g/mol. The summed E-state index contributed by atoms with van der Waals surface area (Å²) < 4.78 is 4.95. The maximum atomic E-state index is 12.3. The van der Waals surface area contributed by atoms with Gasteiger partial charge in [-0.15, -0.1) is 0 Å². The van der Waals surface area contributed by atoms with E-state index in [1.54, 1.807) is 35.2 Å². The molecule has 1 aromatic heterocycles. The van der Waals surface area contributed by atoms with E-state index in [0.717, 1.165) is 18.4 Å². The molecule has 0 spiro atoms. The Balaban J connectivity index is 1.40. The van der Waals surface area contributed by atoms with Crippen LogP contribution in [0.1, 0.15) is 45.5 Å². The molecular weight excluding hydrogens is 348 g/mol. The number of hydrogen-bond acceptors (Lipinski definition) is 4. The van der Waals surface area contributed by atoms with Gasteiger partial charge in [0.25, 0.3) is 5.91 Å². The first-order valence-electron chi connectivity index (χ1n) is 8.96. The highest BCUT2D eigenvalue weighted by atomic mass is 16.4. The molecule has 0 bridgehead atoms. The van der Waals surface area contributed by atoms with Crippen LogP contribution in [0.4, 0.5) is 0 Å². The summed E-state index contributed by atoms with van der Waals surface area (Å²) in [7, 11) is 0. The standard InChI is InChI=1S/C20H22N2O5/c23-18(6-3-14-1-4-15(5-2-14)20(25)26)21-17-7-10-22(11-8-17)19(24)16-9-12-27-13-16/h1-2,4-5,9,12-13,17H,3,6-8,10-11H2,(H,21,23)(H,25,26). The molecule has 1 saturated heterocycles. The van der Waals surface area contributed by atoms with E-state index in [1.165, 1.54) is 12.5 Å². The van der Waals surface area contributed by atoms with Gasteiger partial charge < -0.3 is 19.7 Å². The lowest BCUT2D eigenvalue weighted by molar-refractivity contribution is -0.122. The largest absolute Gasteiger partial charge is 0.478 e. The van der Waals surface area contributed by atoms with Crippen molar-refractivity contribution in [3.05, 3.63) is 59.5 Å². The van der Waals surface area contributed by atoms with Gasteiger partial charge in [-0.05, 0) is 43.0 Å². The van der Waals surface area contributed by atoms with Crippen LogP contribution in [0.3, 0.4) is 0 Å². The molecule has 7 heteroatoms. The van der Waals surface area contributed by atoms with E-state index in [9.17, 15) is 14.4 Å². The first kappa shape index (κ1) is 18.7. The number of carboxylic acids is 1. The van der Waals surface area contributed by atoms with Gasteiger partial charge in [0.05, 0.1) is 17.4 Å². The Morgan fingerprint density at radius 2 is 1.78 bits per heavy atom. The minimum atomic E-state index is -0.961. The summed E-state index contributed by atoms with van der Waals surface area (Å²) in [5.74, 6) is -1.04. The number of piperidine rings is 1. The van der Waals surface area contributed by atoms with Crippen LogP contribution in [0.25, 0.3) is 0 Å². The van der Waals surface area contributed by atoms with Crippen molar-refractivity contribution in [2.75, 3.05) is 13.1 Å². The second-order valence-electron chi connectivity index (χ2n) is 6.65. The molecule has 2 aromatic rings. The third-order valence-electron chi connectivity index (χ3n) is 4.76. The second-order valence-corrected chi connectivity index (χ2v) is 6.65. The lowest BCUT2D eigenvalue weighted by Gasteiger charge is -2.32. The molecule has 0 atom stereocenters. The van der Waals surface area contributed by atoms with Crippen molar-refractivity contribution < 1.29 is 23.9 Å². The van der Waals surface area contributed by atoms with Crippen LogP contribution in [0, 0.1) is 0 Å². The predicted molar refractivity (Wildman–Crippen MR) is 97.5 cm³/mol. The number of rotatable bonds is 6. The molecule has 0 saturated carbocycles. The molecule has 7 nitrogen and oxygen atoms in total. The third-order valence-corrected chi connectivity index (χ3v) is 4.76. The van der Waals surface area contributed by atoms with Gasteiger partial charge in [0.15, 0.2) is 0 Å². The van der Waals surface area contributed by atoms with Gasteiger partial charge in [-0.25, -0.2) is 4.79 Å². The number of carbonyl (C=O) groups is 3. The molecule has 2 amide bonds. The molecule has 0 aliphatic carbocycles. The normalized spacial score (nSPS) is 14.7. The van der Waals surface area contributed by atoms with Gasteiger partial charge in [0.2, 0.25) is 5.91 Å². The zero-order valence-electron chi connectivity index (χ0n) is 14.9. The predicted octanol–water partition coefficient (Wildman–Crippen LogP) is 2.33. The van der Waals surface area contributed by atoms with Crippen molar-refractivity contribution in [2.45, 2.75) is 31.7 Å². The third kappa shape index (κ3) is 4.97. The maximum Gasteiger partial charge on any atom is 0.335 e. The van der Waals surface area contributed by atoms with Crippen LogP contribution in [0.2, 0.25) is 0 Å². The van der Waals surface area contributed by atoms with Gasteiger partial charge in [-0.3, -0.25) is 9.59 Å². The Morgan fingerprint density at radius 3 is 2.37 bits per heavy atom. The van der Waals surface area contributed by atoms with Crippen molar-refractivity contribution >= 4 is 17.8 Å². The molecule has 1 aromatic carbocycles. The fourth-order valence-corrected chi connectivity index (χ4v) is 3.17. The van der Waals surface area contributed by atoms with Gasteiger partial charge in [-0.1, -0.05) is 12.1 Å². The first-order chi connectivity index (χ1) is 13.0. The average Bonchev–Trinajstić information content (AvgIpc) is 3.21. The highest BCUT2D eigenvalue weighted by Gasteiger charge is 2.24. The lowest BCUT2D eigenvalue weighted by Crippen LogP contribution is -2.46. The summed E-state index contributed by atoms with van der Waals surface area (Å²) in [6.07, 6.45) is 5.28. The van der Waals surface area contributed by atoms with Crippen molar-refractivity contribution in [1.29, 1.82) is 0 Å². The molecule has 2 N–H and O–H groups in total. The molecule has 27 heavy (non-hydrogen) atoms. The monoisotopic (exact) mass is 370 g/mol. The number of aromatic carboxylic acids is 1. The summed E-state index contributed by atoms with van der Waals surface area (Å²) in [5, 5.41) is 11.9. The number of likely N-dealkylation sites (tertiary alicyclic amines) is 1. The van der Waals surface area contributed by atoms with E-state index in [2.05, 4.69) is 5.32 Å². The van der Waals surface area contributed by atoms with Crippen molar-refractivity contribution in [2.24, 2.45) is 0 Å². The number of amides is 2. The molecule has 142 valence electrons. The fraction of sp³-hybridized carbons (Fsp3) is 0.350. The van der Waals surface area contributed by atoms with Crippen molar-refractivity contribution in [3.63, 3.8) is 0 Å². The smallest absolute Gasteiger partial charge is 0.335 e. The van der Waals surface area contributed by atoms with E-state index < -0.39 is 5.97 Å². The van der Waals surface area contributed by atoms with Crippen LogP contribution in [-0.4, -0.2) is 46.9 Å². The Bertz CT molecular complexity index is 790. The summed E-state index contributed by atoms with van der Waals surface area (Å²) in [4.78, 5) is 37.0. The van der Waals surface area contributed by atoms with E-state index >= 15 is 0 Å². The Morgan fingerprint density at radius 1 is 1.07 bits per heavy atom. The molecule has 1 aliphatic rings. The minimum absolute atomic E-state index is 0.0306. The number of nitrogens with one attached hydrogen (secondary N) is 1. The van der Waals surface area contributed by atoms with Crippen LogP contribution in [0.5, 0.6) is 0 Å². The zero-order valence-corrected chi connectivity index (χ0v) is 14.9. The lowest BCUT2D eigenvalue weighted by atomic mass is 10.0. The Hall–Kier alpha value is -3.09. The van der Waals surface area contributed by atoms with E-state index in [-0.39, 0.29) is 23.4 Å². The van der Waals surface area contributed by atoms with E-state index in [1.807, 2.05) is 0 Å². The summed E-state index contributed by atoms with van der Waals surface area (Å²) in [6.45, 7) is 1.21. The number of hydrogen-bond donors (Lipinski definition) is 2. The molecule has 1 aliphatic heterocycles. The van der Waals surface area contributed by atoms with Gasteiger partial charge in [-0.2, -0.15) is 0 Å². The number of aryl methyl sites for hydroxylation is 1. The number of nitrogens with zero attached hydrogens (tertiary/aromatic N) is 1. The first-order valence-corrected chi connectivity index (χ1v) is 8.96. The molecule has 0 unspecified atom stereocenters. The Kier molecular flexibility index (Phi) is 5.90. The van der Waals surface area contributed by atoms with Crippen LogP contribution >= 0.6 is 0 Å². The van der Waals surface area contributed by atoms with E-state index in [4.69, 9.17) is 9.52 Å². The fourth-order valence-electron chi connectivity index (χ4n) is 3.17. The number of benzene rings is 1. The van der Waals surface area contributed by atoms with Gasteiger partial charge >= 0.3 is 5.97 Å². The number of carbonyl (C=O) groups excluding carboxylic acids is 2. The molecule has 0 radical (unpaired) electrons. The van der Waals surface area contributed by atoms with E-state index in [0.29, 0.717) is 31.5 Å². The van der Waals surface area contributed by atoms with Crippen LogP contribution in [-0.2, 0) is 11.2 Å². The van der Waals surface area contributed by atoms with Crippen LogP contribution < -0.4 is 5.32 Å². The van der Waals surface area contributed by atoms with Gasteiger partial charge in [0.1, 0.15) is 6.26 Å². The van der Waals surface area contributed by atoms with Crippen LogP contribution in [0.15, 0.2) is 47.3 Å². The highest BCUT2D eigenvalue weighted by molar-refractivity contribution is 5.93. The summed E-state index contributed by atoms with van der Waals surface area (Å²) >= 11 is 0. The minimum Gasteiger partial charge on any atom is -0.478 e. The molecule has 2 heterocycles. The second kappa shape index (κ2) is 8.53. The number of furan rings is 1. The van der Waals surface area contributed by atoms with Crippen molar-refractivity contribution in [3.8, 4) is 0 Å². The topological polar surface area (TPSA) is 99.9 Å². The molecule has 1 fully saturated rings. The summed E-state index contributed by atoms with van der Waals surface area (Å²) in [6, 6.07) is 8.28. The quantitative estimate of drug-likeness (QED) is 0.813. The SMILES string of the molecule is O=C(CCc1ccc(C(=O)O)cc1)NC1CCN(C(=O)c2ccoc2)CC1. The molecular formula is C20H22N2O5.